The third kappa shape index (κ3) is 2.59. The largest absolute Gasteiger partial charge is 0.302 e. The minimum atomic E-state index is -3.27. The Morgan fingerprint density at radius 1 is 1.43 bits per heavy atom. The molecule has 0 saturated heterocycles. The molecule has 0 aromatic carbocycles. The monoisotopic (exact) mass is 240 g/mol. The second kappa shape index (κ2) is 4.35. The van der Waals surface area contributed by atoms with Gasteiger partial charge in [-0.3, -0.25) is 0 Å². The van der Waals surface area contributed by atoms with Crippen molar-refractivity contribution < 1.29 is 8.42 Å². The van der Waals surface area contributed by atoms with E-state index in [9.17, 15) is 8.42 Å². The van der Waals surface area contributed by atoms with Crippen molar-refractivity contribution >= 4 is 21.6 Å². The normalized spacial score (nSPS) is 20.9. The number of rotatable bonds is 5. The van der Waals surface area contributed by atoms with Crippen LogP contribution in [0.25, 0.3) is 0 Å². The van der Waals surface area contributed by atoms with Crippen LogP contribution in [-0.4, -0.2) is 44.7 Å². The Morgan fingerprint density at radius 2 is 2.00 bits per heavy atom. The Labute approximate surface area is 90.7 Å². The summed E-state index contributed by atoms with van der Waals surface area (Å²) >= 11 is 5.30. The number of hydrogen-bond donors (Lipinski definition) is 1. The van der Waals surface area contributed by atoms with Gasteiger partial charge in [-0.05, 0) is 33.4 Å². The fraction of sp³-hybridized carbons (Fsp3) is 1.00. The topological polar surface area (TPSA) is 49.4 Å². The van der Waals surface area contributed by atoms with Crippen LogP contribution in [0.4, 0.5) is 0 Å². The first-order valence-electron chi connectivity index (χ1n) is 4.63. The van der Waals surface area contributed by atoms with E-state index >= 15 is 0 Å². The van der Waals surface area contributed by atoms with Gasteiger partial charge in [0.15, 0.2) is 0 Å². The maximum atomic E-state index is 11.1. The highest BCUT2D eigenvalue weighted by Crippen LogP contribution is 2.35. The van der Waals surface area contributed by atoms with E-state index in [0.29, 0.717) is 6.54 Å². The van der Waals surface area contributed by atoms with Gasteiger partial charge in [0.2, 0.25) is 10.0 Å². The number of hydrogen-bond acceptors (Lipinski definition) is 3. The molecule has 0 aromatic heterocycles. The lowest BCUT2D eigenvalue weighted by Crippen LogP contribution is -2.57. The van der Waals surface area contributed by atoms with Crippen molar-refractivity contribution in [2.75, 3.05) is 25.9 Å². The van der Waals surface area contributed by atoms with Crippen LogP contribution < -0.4 is 4.72 Å². The van der Waals surface area contributed by atoms with Crippen LogP contribution in [0.5, 0.6) is 0 Å². The molecule has 4 nitrogen and oxygen atoms in total. The van der Waals surface area contributed by atoms with Gasteiger partial charge in [-0.25, -0.2) is 13.1 Å². The summed E-state index contributed by atoms with van der Waals surface area (Å²) in [5.74, 6) is 0. The van der Waals surface area contributed by atoms with Gasteiger partial charge in [-0.2, -0.15) is 0 Å². The molecule has 0 aromatic rings. The van der Waals surface area contributed by atoms with Crippen molar-refractivity contribution in [1.29, 1.82) is 0 Å². The fourth-order valence-electron chi connectivity index (χ4n) is 1.65. The number of alkyl halides is 1. The molecule has 1 aliphatic carbocycles. The van der Waals surface area contributed by atoms with E-state index in [1.807, 2.05) is 14.1 Å². The maximum Gasteiger partial charge on any atom is 0.225 e. The Hall–Kier alpha value is 0.160. The van der Waals surface area contributed by atoms with Crippen LogP contribution in [-0.2, 0) is 10.0 Å². The quantitative estimate of drug-likeness (QED) is 0.716. The zero-order chi connectivity index (χ0) is 10.8. The van der Waals surface area contributed by atoms with E-state index in [2.05, 4.69) is 9.62 Å². The molecule has 6 heteroatoms. The molecular weight excluding hydrogens is 224 g/mol. The van der Waals surface area contributed by atoms with Gasteiger partial charge >= 0.3 is 0 Å². The molecular formula is C8H17ClN2O2S. The van der Waals surface area contributed by atoms with Crippen molar-refractivity contribution in [2.45, 2.75) is 24.8 Å². The molecule has 1 fully saturated rings. The summed E-state index contributed by atoms with van der Waals surface area (Å²) in [4.78, 5) is 2.09. The van der Waals surface area contributed by atoms with Crippen LogP contribution in [0.3, 0.4) is 0 Å². The van der Waals surface area contributed by atoms with E-state index in [0.717, 1.165) is 12.8 Å². The second-order valence-corrected chi connectivity index (χ2v) is 6.41. The maximum absolute atomic E-state index is 11.1. The number of nitrogens with one attached hydrogen (secondary N) is 1. The summed E-state index contributed by atoms with van der Waals surface area (Å²) in [5.41, 5.74) is 0.0130. The van der Waals surface area contributed by atoms with Gasteiger partial charge in [0.05, 0.1) is 0 Å². The van der Waals surface area contributed by atoms with Crippen molar-refractivity contribution in [3.05, 3.63) is 0 Å². The summed E-state index contributed by atoms with van der Waals surface area (Å²) in [7, 11) is 0.687. The summed E-state index contributed by atoms with van der Waals surface area (Å²) in [5, 5.41) is -0.365. The van der Waals surface area contributed by atoms with Crippen molar-refractivity contribution in [3.63, 3.8) is 0 Å². The van der Waals surface area contributed by atoms with E-state index < -0.39 is 10.0 Å². The molecule has 0 amide bonds. The van der Waals surface area contributed by atoms with E-state index in [1.165, 1.54) is 6.42 Å². The van der Waals surface area contributed by atoms with Gasteiger partial charge < -0.3 is 4.90 Å². The highest BCUT2D eigenvalue weighted by atomic mass is 35.5. The lowest BCUT2D eigenvalue weighted by Gasteiger charge is -2.47. The average molecular weight is 241 g/mol. The minimum Gasteiger partial charge on any atom is -0.302 e. The standard InChI is InChI=1S/C8H17ClN2O2S/c1-11(2)8(4-3-5-8)6-10-14(12,13)7-9/h10H,3-7H2,1-2H3. The number of nitrogens with zero attached hydrogens (tertiary/aromatic N) is 1. The Kier molecular flexibility index (Phi) is 3.80. The molecule has 84 valence electrons. The average Bonchev–Trinajstić information content (AvgIpc) is 2.01. The van der Waals surface area contributed by atoms with Gasteiger partial charge in [-0.1, -0.05) is 0 Å². The first-order valence-corrected chi connectivity index (χ1v) is 6.81. The lowest BCUT2D eigenvalue weighted by molar-refractivity contribution is 0.0657. The van der Waals surface area contributed by atoms with Crippen LogP contribution in [0, 0.1) is 0 Å². The molecule has 0 bridgehead atoms. The molecule has 0 spiro atoms. The summed E-state index contributed by atoms with van der Waals surface area (Å²) in [6.07, 6.45) is 3.26. The zero-order valence-corrected chi connectivity index (χ0v) is 10.2. The summed E-state index contributed by atoms with van der Waals surface area (Å²) in [6.45, 7) is 0.467. The third-order valence-corrected chi connectivity index (χ3v) is 4.73. The third-order valence-electron chi connectivity index (χ3n) is 3.00. The molecule has 0 radical (unpaired) electrons. The Morgan fingerprint density at radius 3 is 2.29 bits per heavy atom. The van der Waals surface area contributed by atoms with Crippen LogP contribution in [0.15, 0.2) is 0 Å². The second-order valence-electron chi connectivity index (χ2n) is 4.02. The SMILES string of the molecule is CN(C)C1(CNS(=O)(=O)CCl)CCC1. The van der Waals surface area contributed by atoms with Crippen molar-refractivity contribution in [3.8, 4) is 0 Å². The summed E-state index contributed by atoms with van der Waals surface area (Å²) < 4.78 is 24.8. The highest BCUT2D eigenvalue weighted by molar-refractivity contribution is 7.90. The Bertz CT molecular complexity index is 286. The van der Waals surface area contributed by atoms with E-state index in [4.69, 9.17) is 11.6 Å². The van der Waals surface area contributed by atoms with Gasteiger partial charge in [0.1, 0.15) is 5.21 Å². The predicted octanol–water partition coefficient (Wildman–Crippen LogP) is 0.586. The Balaban J connectivity index is 2.51. The molecule has 1 saturated carbocycles. The molecule has 0 heterocycles. The van der Waals surface area contributed by atoms with Crippen LogP contribution >= 0.6 is 11.6 Å². The predicted molar refractivity (Wildman–Crippen MR) is 57.9 cm³/mol. The number of likely N-dealkylation sites (N-methyl/N-ethyl adjacent to an activating group) is 1. The molecule has 14 heavy (non-hydrogen) atoms. The lowest BCUT2D eigenvalue weighted by atomic mass is 9.76. The minimum absolute atomic E-state index is 0.0130. The summed E-state index contributed by atoms with van der Waals surface area (Å²) in [6, 6.07) is 0. The molecule has 0 unspecified atom stereocenters. The fourth-order valence-corrected chi connectivity index (χ4v) is 2.45. The molecule has 1 aliphatic rings. The van der Waals surface area contributed by atoms with Gasteiger partial charge in [0, 0.05) is 12.1 Å². The van der Waals surface area contributed by atoms with E-state index in [-0.39, 0.29) is 10.8 Å². The van der Waals surface area contributed by atoms with Crippen LogP contribution in [0.2, 0.25) is 0 Å². The molecule has 0 atom stereocenters. The van der Waals surface area contributed by atoms with Gasteiger partial charge in [-0.15, -0.1) is 11.6 Å². The number of sulfonamides is 1. The smallest absolute Gasteiger partial charge is 0.225 e. The van der Waals surface area contributed by atoms with E-state index in [1.54, 1.807) is 0 Å². The van der Waals surface area contributed by atoms with Crippen LogP contribution in [0.1, 0.15) is 19.3 Å². The first-order chi connectivity index (χ1) is 6.42. The van der Waals surface area contributed by atoms with Gasteiger partial charge in [0.25, 0.3) is 0 Å². The number of halogens is 1. The molecule has 0 aliphatic heterocycles. The van der Waals surface area contributed by atoms with Crippen molar-refractivity contribution in [1.82, 2.24) is 9.62 Å². The molecule has 1 N–H and O–H groups in total. The van der Waals surface area contributed by atoms with Crippen molar-refractivity contribution in [2.24, 2.45) is 0 Å². The first kappa shape index (κ1) is 12.2. The molecule has 1 rings (SSSR count). The highest BCUT2D eigenvalue weighted by Gasteiger charge is 2.39. The zero-order valence-electron chi connectivity index (χ0n) is 8.59.